The Bertz CT molecular complexity index is 358. The molecule has 1 N–H and O–H groups in total. The molecule has 1 unspecified atom stereocenters. The van der Waals surface area contributed by atoms with E-state index in [1.165, 1.54) is 0 Å². The molecule has 0 aliphatic carbocycles. The molecule has 17 heavy (non-hydrogen) atoms. The van der Waals surface area contributed by atoms with E-state index in [1.807, 2.05) is 4.68 Å². The summed E-state index contributed by atoms with van der Waals surface area (Å²) in [6.07, 6.45) is 1.92. The summed E-state index contributed by atoms with van der Waals surface area (Å²) in [5, 5.41) is 15.5. The van der Waals surface area contributed by atoms with Crippen molar-refractivity contribution in [3.05, 3.63) is 5.82 Å². The molecule has 1 aromatic rings. The van der Waals surface area contributed by atoms with Crippen molar-refractivity contribution in [2.24, 2.45) is 0 Å². The summed E-state index contributed by atoms with van der Waals surface area (Å²) in [6, 6.07) is 0.176. The lowest BCUT2D eigenvalue weighted by atomic mass is 9.92. The SMILES string of the molecule is CCNC(C)c1nnnn1C1(C)CCOCC1. The standard InChI is InChI=1S/C11H21N5O/c1-4-12-9(2)10-13-14-15-16(10)11(3)5-7-17-8-6-11/h9,12H,4-8H2,1-3H3. The van der Waals surface area contributed by atoms with Crippen LogP contribution in [-0.4, -0.2) is 40.0 Å². The van der Waals surface area contributed by atoms with Crippen molar-refractivity contribution in [2.75, 3.05) is 19.8 Å². The predicted molar refractivity (Wildman–Crippen MR) is 63.6 cm³/mol. The van der Waals surface area contributed by atoms with Gasteiger partial charge in [0.15, 0.2) is 5.82 Å². The first kappa shape index (κ1) is 12.4. The Morgan fingerprint density at radius 2 is 2.18 bits per heavy atom. The molecule has 0 spiro atoms. The van der Waals surface area contributed by atoms with E-state index in [4.69, 9.17) is 4.74 Å². The monoisotopic (exact) mass is 239 g/mol. The van der Waals surface area contributed by atoms with Crippen molar-refractivity contribution in [2.45, 2.75) is 45.2 Å². The Labute approximate surface area is 102 Å². The van der Waals surface area contributed by atoms with Gasteiger partial charge in [-0.05, 0) is 43.7 Å². The summed E-state index contributed by atoms with van der Waals surface area (Å²) in [6.45, 7) is 8.86. The first-order chi connectivity index (χ1) is 8.17. The maximum absolute atomic E-state index is 5.41. The van der Waals surface area contributed by atoms with Crippen LogP contribution in [0, 0.1) is 0 Å². The molecule has 0 amide bonds. The van der Waals surface area contributed by atoms with Gasteiger partial charge < -0.3 is 10.1 Å². The number of nitrogens with zero attached hydrogens (tertiary/aromatic N) is 4. The molecule has 2 heterocycles. The van der Waals surface area contributed by atoms with Crippen molar-refractivity contribution in [1.82, 2.24) is 25.5 Å². The molecule has 0 bridgehead atoms. The Balaban J connectivity index is 2.23. The normalized spacial score (nSPS) is 21.4. The van der Waals surface area contributed by atoms with Crippen LogP contribution in [-0.2, 0) is 10.3 Å². The summed E-state index contributed by atoms with van der Waals surface area (Å²) in [5.41, 5.74) is -0.0131. The lowest BCUT2D eigenvalue weighted by Crippen LogP contribution is -2.40. The van der Waals surface area contributed by atoms with Crippen molar-refractivity contribution < 1.29 is 4.74 Å². The van der Waals surface area contributed by atoms with Gasteiger partial charge in [0, 0.05) is 13.2 Å². The van der Waals surface area contributed by atoms with Gasteiger partial charge in [-0.1, -0.05) is 6.92 Å². The van der Waals surface area contributed by atoms with Crippen LogP contribution in [0.25, 0.3) is 0 Å². The number of ether oxygens (including phenoxy) is 1. The summed E-state index contributed by atoms with van der Waals surface area (Å²) in [4.78, 5) is 0. The third-order valence-corrected chi connectivity index (χ3v) is 3.47. The molecule has 1 fully saturated rings. The zero-order chi connectivity index (χ0) is 12.3. The lowest BCUT2D eigenvalue weighted by Gasteiger charge is -2.34. The predicted octanol–water partition coefficient (Wildman–Crippen LogP) is 0.869. The van der Waals surface area contributed by atoms with E-state index in [-0.39, 0.29) is 11.6 Å². The first-order valence-electron chi connectivity index (χ1n) is 6.27. The molecule has 0 radical (unpaired) electrons. The fraction of sp³-hybridized carbons (Fsp3) is 0.909. The van der Waals surface area contributed by atoms with Crippen molar-refractivity contribution in [3.63, 3.8) is 0 Å². The van der Waals surface area contributed by atoms with E-state index < -0.39 is 0 Å². The van der Waals surface area contributed by atoms with Crippen LogP contribution >= 0.6 is 0 Å². The number of hydrogen-bond donors (Lipinski definition) is 1. The molecule has 1 atom stereocenters. The van der Waals surface area contributed by atoms with E-state index in [1.54, 1.807) is 0 Å². The lowest BCUT2D eigenvalue weighted by molar-refractivity contribution is 0.0212. The van der Waals surface area contributed by atoms with Gasteiger partial charge in [-0.25, -0.2) is 4.68 Å². The Morgan fingerprint density at radius 1 is 1.47 bits per heavy atom. The fourth-order valence-electron chi connectivity index (χ4n) is 2.27. The number of nitrogens with one attached hydrogen (secondary N) is 1. The smallest absolute Gasteiger partial charge is 0.168 e. The zero-order valence-electron chi connectivity index (χ0n) is 10.8. The average Bonchev–Trinajstić information content (AvgIpc) is 2.80. The molecular weight excluding hydrogens is 218 g/mol. The van der Waals surface area contributed by atoms with E-state index in [0.717, 1.165) is 38.4 Å². The summed E-state index contributed by atoms with van der Waals surface area (Å²) >= 11 is 0. The molecule has 2 rings (SSSR count). The minimum absolute atomic E-state index is 0.0131. The summed E-state index contributed by atoms with van der Waals surface area (Å²) in [5.74, 6) is 0.913. The highest BCUT2D eigenvalue weighted by Crippen LogP contribution is 2.29. The van der Waals surface area contributed by atoms with Crippen LogP contribution in [0.3, 0.4) is 0 Å². The molecule has 6 nitrogen and oxygen atoms in total. The maximum Gasteiger partial charge on any atom is 0.168 e. The molecule has 1 saturated heterocycles. The Hall–Kier alpha value is -1.01. The highest BCUT2D eigenvalue weighted by molar-refractivity contribution is 4.96. The molecule has 0 saturated carbocycles. The summed E-state index contributed by atoms with van der Waals surface area (Å²) < 4.78 is 7.39. The molecule has 1 aliphatic heterocycles. The third kappa shape index (κ3) is 2.47. The van der Waals surface area contributed by atoms with Gasteiger partial charge in [0.25, 0.3) is 0 Å². The van der Waals surface area contributed by atoms with Gasteiger partial charge in [0.1, 0.15) is 0 Å². The highest BCUT2D eigenvalue weighted by Gasteiger charge is 2.33. The average molecular weight is 239 g/mol. The first-order valence-corrected chi connectivity index (χ1v) is 6.27. The largest absolute Gasteiger partial charge is 0.381 e. The van der Waals surface area contributed by atoms with E-state index >= 15 is 0 Å². The Morgan fingerprint density at radius 3 is 2.82 bits per heavy atom. The van der Waals surface area contributed by atoms with Crippen LogP contribution in [0.5, 0.6) is 0 Å². The number of aromatic nitrogens is 4. The van der Waals surface area contributed by atoms with Gasteiger partial charge in [0.2, 0.25) is 0 Å². The minimum Gasteiger partial charge on any atom is -0.381 e. The van der Waals surface area contributed by atoms with Crippen LogP contribution in [0.1, 0.15) is 45.5 Å². The van der Waals surface area contributed by atoms with Gasteiger partial charge in [0.05, 0.1) is 11.6 Å². The highest BCUT2D eigenvalue weighted by atomic mass is 16.5. The summed E-state index contributed by atoms with van der Waals surface area (Å²) in [7, 11) is 0. The molecular formula is C11H21N5O. The molecule has 6 heteroatoms. The van der Waals surface area contributed by atoms with Crippen molar-refractivity contribution in [1.29, 1.82) is 0 Å². The fourth-order valence-corrected chi connectivity index (χ4v) is 2.27. The second-order valence-corrected chi connectivity index (χ2v) is 4.84. The van der Waals surface area contributed by atoms with Crippen LogP contribution in [0.2, 0.25) is 0 Å². The second kappa shape index (κ2) is 5.10. The second-order valence-electron chi connectivity index (χ2n) is 4.84. The molecule has 0 aromatic carbocycles. The zero-order valence-corrected chi connectivity index (χ0v) is 10.8. The Kier molecular flexibility index (Phi) is 3.73. The topological polar surface area (TPSA) is 64.9 Å². The minimum atomic E-state index is -0.0131. The number of rotatable bonds is 4. The van der Waals surface area contributed by atoms with E-state index in [2.05, 4.69) is 41.6 Å². The molecule has 1 aliphatic rings. The number of tetrazole rings is 1. The molecule has 96 valence electrons. The van der Waals surface area contributed by atoms with Gasteiger partial charge in [-0.2, -0.15) is 0 Å². The quantitative estimate of drug-likeness (QED) is 0.844. The van der Waals surface area contributed by atoms with Gasteiger partial charge in [-0.3, -0.25) is 0 Å². The van der Waals surface area contributed by atoms with Gasteiger partial charge in [-0.15, -0.1) is 5.10 Å². The third-order valence-electron chi connectivity index (χ3n) is 3.47. The van der Waals surface area contributed by atoms with Crippen molar-refractivity contribution in [3.8, 4) is 0 Å². The number of hydrogen-bond acceptors (Lipinski definition) is 5. The molecule has 1 aromatic heterocycles. The van der Waals surface area contributed by atoms with Crippen LogP contribution < -0.4 is 5.32 Å². The van der Waals surface area contributed by atoms with Crippen LogP contribution in [0.4, 0.5) is 0 Å². The van der Waals surface area contributed by atoms with Crippen LogP contribution in [0.15, 0.2) is 0 Å². The maximum atomic E-state index is 5.41. The van der Waals surface area contributed by atoms with Crippen molar-refractivity contribution >= 4 is 0 Å². The van der Waals surface area contributed by atoms with E-state index in [0.29, 0.717) is 0 Å². The van der Waals surface area contributed by atoms with Gasteiger partial charge >= 0.3 is 0 Å². The van der Waals surface area contributed by atoms with E-state index in [9.17, 15) is 0 Å².